The molecule has 1 saturated heterocycles. The summed E-state index contributed by atoms with van der Waals surface area (Å²) in [5, 5.41) is 3.54. The summed E-state index contributed by atoms with van der Waals surface area (Å²) in [5.41, 5.74) is 2.00. The number of piperidine rings is 1. The van der Waals surface area contributed by atoms with Gasteiger partial charge in [0.1, 0.15) is 5.82 Å². The molecule has 2 atom stereocenters. The quantitative estimate of drug-likeness (QED) is 0.776. The molecule has 1 aromatic carbocycles. The predicted octanol–water partition coefficient (Wildman–Crippen LogP) is 4.07. The Kier molecular flexibility index (Phi) is 6.61. The third-order valence-corrected chi connectivity index (χ3v) is 6.55. The molecular weight excluding hydrogens is 356 g/mol. The number of nitrogens with one attached hydrogen (secondary N) is 1. The third-order valence-electron chi connectivity index (χ3n) is 6.55. The minimum Gasteiger partial charge on any atom is -0.334 e. The van der Waals surface area contributed by atoms with E-state index in [0.29, 0.717) is 11.3 Å². The Labute approximate surface area is 169 Å². The highest BCUT2D eigenvalue weighted by Crippen LogP contribution is 2.56. The first-order valence-electron chi connectivity index (χ1n) is 10.2. The van der Waals surface area contributed by atoms with Gasteiger partial charge in [-0.2, -0.15) is 0 Å². The Balaban J connectivity index is 0.00000210. The Bertz CT molecular complexity index is 708. The van der Waals surface area contributed by atoms with E-state index in [1.807, 2.05) is 6.20 Å². The molecule has 148 valence electrons. The Morgan fingerprint density at radius 2 is 2.00 bits per heavy atom. The fraction of sp³-hybridized carbons (Fsp3) is 0.591. The molecule has 1 aliphatic heterocycles. The van der Waals surface area contributed by atoms with Gasteiger partial charge in [0.15, 0.2) is 0 Å². The van der Waals surface area contributed by atoms with Gasteiger partial charge in [0.2, 0.25) is 0 Å². The van der Waals surface area contributed by atoms with Crippen LogP contribution in [0, 0.1) is 5.41 Å². The van der Waals surface area contributed by atoms with Crippen LogP contribution >= 0.6 is 12.4 Å². The van der Waals surface area contributed by atoms with Crippen molar-refractivity contribution in [1.29, 1.82) is 0 Å². The number of benzene rings is 1. The standard InChI is InChI=1S/C22H32N4.ClH/c1-3-25-14-13-24-21(25)17-26(16-18(2)19-7-5-4-6-8-19)20-15-22(20)9-11-23-12-10-22;/h4-8,13-14,18,20,23H,3,9-12,15-17H2,1-2H3;1H. The summed E-state index contributed by atoms with van der Waals surface area (Å²) in [7, 11) is 0. The maximum absolute atomic E-state index is 4.66. The zero-order chi connectivity index (χ0) is 18.0. The van der Waals surface area contributed by atoms with Crippen molar-refractivity contribution in [2.45, 2.75) is 58.2 Å². The number of halogens is 1. The highest BCUT2D eigenvalue weighted by atomic mass is 35.5. The number of hydrogen-bond donors (Lipinski definition) is 1. The minimum atomic E-state index is 0. The average molecular weight is 389 g/mol. The molecule has 1 spiro atoms. The first kappa shape index (κ1) is 20.4. The van der Waals surface area contributed by atoms with Crippen LogP contribution in [0.1, 0.15) is 50.4 Å². The van der Waals surface area contributed by atoms with Gasteiger partial charge < -0.3 is 9.88 Å². The molecule has 27 heavy (non-hydrogen) atoms. The van der Waals surface area contributed by atoms with Crippen molar-refractivity contribution in [3.05, 3.63) is 54.1 Å². The predicted molar refractivity (Wildman–Crippen MR) is 113 cm³/mol. The summed E-state index contributed by atoms with van der Waals surface area (Å²) in [6.07, 6.45) is 8.08. The van der Waals surface area contributed by atoms with Crippen LogP contribution in [-0.4, -0.2) is 40.1 Å². The van der Waals surface area contributed by atoms with E-state index in [1.54, 1.807) is 0 Å². The highest BCUT2D eigenvalue weighted by Gasteiger charge is 2.56. The van der Waals surface area contributed by atoms with E-state index in [1.165, 1.54) is 43.7 Å². The zero-order valence-corrected chi connectivity index (χ0v) is 17.4. The molecule has 5 heteroatoms. The maximum Gasteiger partial charge on any atom is 0.122 e. The van der Waals surface area contributed by atoms with Crippen LogP contribution < -0.4 is 5.32 Å². The van der Waals surface area contributed by atoms with Crippen molar-refractivity contribution < 1.29 is 0 Å². The molecule has 1 aromatic heterocycles. The van der Waals surface area contributed by atoms with Crippen molar-refractivity contribution in [2.75, 3.05) is 19.6 Å². The monoisotopic (exact) mass is 388 g/mol. The van der Waals surface area contributed by atoms with Crippen LogP contribution in [0.5, 0.6) is 0 Å². The first-order chi connectivity index (χ1) is 12.7. The van der Waals surface area contributed by atoms with Gasteiger partial charge in [0.05, 0.1) is 6.54 Å². The van der Waals surface area contributed by atoms with Gasteiger partial charge in [-0.25, -0.2) is 4.98 Å². The number of hydrogen-bond acceptors (Lipinski definition) is 3. The second kappa shape index (κ2) is 8.76. The molecular formula is C22H33ClN4. The second-order valence-corrected chi connectivity index (χ2v) is 8.20. The van der Waals surface area contributed by atoms with Crippen molar-refractivity contribution in [3.8, 4) is 0 Å². The van der Waals surface area contributed by atoms with Gasteiger partial charge in [-0.05, 0) is 56.2 Å². The van der Waals surface area contributed by atoms with E-state index in [2.05, 4.69) is 70.1 Å². The van der Waals surface area contributed by atoms with E-state index in [9.17, 15) is 0 Å². The van der Waals surface area contributed by atoms with Crippen LogP contribution in [0.15, 0.2) is 42.7 Å². The smallest absolute Gasteiger partial charge is 0.122 e. The average Bonchev–Trinajstić information content (AvgIpc) is 3.17. The van der Waals surface area contributed by atoms with E-state index in [4.69, 9.17) is 0 Å². The van der Waals surface area contributed by atoms with Crippen molar-refractivity contribution in [1.82, 2.24) is 19.8 Å². The SMILES string of the molecule is CCn1ccnc1CN(CC(C)c1ccccc1)C1CC12CCNCC2.Cl. The molecule has 4 nitrogen and oxygen atoms in total. The lowest BCUT2D eigenvalue weighted by molar-refractivity contribution is 0.182. The molecule has 1 N–H and O–H groups in total. The largest absolute Gasteiger partial charge is 0.334 e. The number of aromatic nitrogens is 2. The summed E-state index contributed by atoms with van der Waals surface area (Å²) in [6, 6.07) is 11.7. The van der Waals surface area contributed by atoms with Gasteiger partial charge in [-0.1, -0.05) is 37.3 Å². The van der Waals surface area contributed by atoms with Gasteiger partial charge >= 0.3 is 0 Å². The van der Waals surface area contributed by atoms with Crippen LogP contribution in [0.25, 0.3) is 0 Å². The van der Waals surface area contributed by atoms with Crippen LogP contribution in [0.4, 0.5) is 0 Å². The van der Waals surface area contributed by atoms with Crippen LogP contribution in [0.2, 0.25) is 0 Å². The first-order valence-corrected chi connectivity index (χ1v) is 10.2. The zero-order valence-electron chi connectivity index (χ0n) is 16.6. The lowest BCUT2D eigenvalue weighted by Gasteiger charge is -2.31. The molecule has 4 rings (SSSR count). The minimum absolute atomic E-state index is 0. The number of imidazole rings is 1. The lowest BCUT2D eigenvalue weighted by atomic mass is 9.93. The molecule has 2 aromatic rings. The third kappa shape index (κ3) is 4.39. The summed E-state index contributed by atoms with van der Waals surface area (Å²) >= 11 is 0. The molecule has 0 amide bonds. The molecule has 0 radical (unpaired) electrons. The topological polar surface area (TPSA) is 33.1 Å². The van der Waals surface area contributed by atoms with E-state index in [-0.39, 0.29) is 12.4 Å². The molecule has 0 bridgehead atoms. The molecule has 1 saturated carbocycles. The number of aryl methyl sites for hydroxylation is 1. The van der Waals surface area contributed by atoms with Gasteiger partial charge in [-0.3, -0.25) is 4.90 Å². The highest BCUT2D eigenvalue weighted by molar-refractivity contribution is 5.85. The fourth-order valence-electron chi connectivity index (χ4n) is 4.81. The fourth-order valence-corrected chi connectivity index (χ4v) is 4.81. The second-order valence-electron chi connectivity index (χ2n) is 8.20. The van der Waals surface area contributed by atoms with Crippen molar-refractivity contribution >= 4 is 12.4 Å². The van der Waals surface area contributed by atoms with Gasteiger partial charge in [0, 0.05) is 31.5 Å². The number of nitrogens with zero attached hydrogens (tertiary/aromatic N) is 3. The van der Waals surface area contributed by atoms with Crippen LogP contribution in [0.3, 0.4) is 0 Å². The summed E-state index contributed by atoms with van der Waals surface area (Å²) in [4.78, 5) is 7.39. The summed E-state index contributed by atoms with van der Waals surface area (Å²) in [6.45, 7) is 10.0. The maximum atomic E-state index is 4.66. The lowest BCUT2D eigenvalue weighted by Crippen LogP contribution is -2.38. The van der Waals surface area contributed by atoms with Crippen molar-refractivity contribution in [2.24, 2.45) is 5.41 Å². The molecule has 2 heterocycles. The molecule has 2 unspecified atom stereocenters. The van der Waals surface area contributed by atoms with Gasteiger partial charge in [-0.15, -0.1) is 12.4 Å². The Morgan fingerprint density at radius 3 is 2.70 bits per heavy atom. The molecule has 2 aliphatic rings. The van der Waals surface area contributed by atoms with E-state index < -0.39 is 0 Å². The molecule has 1 aliphatic carbocycles. The normalized spacial score (nSPS) is 21.8. The Morgan fingerprint density at radius 1 is 1.26 bits per heavy atom. The van der Waals surface area contributed by atoms with E-state index in [0.717, 1.165) is 25.7 Å². The number of rotatable bonds is 7. The summed E-state index contributed by atoms with van der Waals surface area (Å²) in [5.74, 6) is 1.75. The van der Waals surface area contributed by atoms with Crippen molar-refractivity contribution in [3.63, 3.8) is 0 Å². The van der Waals surface area contributed by atoms with E-state index >= 15 is 0 Å². The van der Waals surface area contributed by atoms with Crippen LogP contribution in [-0.2, 0) is 13.1 Å². The van der Waals surface area contributed by atoms with Gasteiger partial charge in [0.25, 0.3) is 0 Å². The summed E-state index contributed by atoms with van der Waals surface area (Å²) < 4.78 is 2.29. The molecule has 2 fully saturated rings. The Hall–Kier alpha value is -1.36.